The molecule has 5 nitrogen and oxygen atoms in total. The molecule has 0 aliphatic heterocycles. The van der Waals surface area contributed by atoms with Crippen LogP contribution < -0.4 is 10.2 Å². The van der Waals surface area contributed by atoms with Crippen LogP contribution >= 0.6 is 0 Å². The van der Waals surface area contributed by atoms with Crippen LogP contribution in [0, 0.1) is 0 Å². The summed E-state index contributed by atoms with van der Waals surface area (Å²) < 4.78 is 0. The van der Waals surface area contributed by atoms with E-state index in [1.807, 2.05) is 6.07 Å². The van der Waals surface area contributed by atoms with E-state index in [0.717, 1.165) is 24.6 Å². The number of hydrogen-bond donors (Lipinski definition) is 2. The van der Waals surface area contributed by atoms with Crippen LogP contribution in [-0.4, -0.2) is 40.8 Å². The highest BCUT2D eigenvalue weighted by molar-refractivity contribution is 5.49. The van der Waals surface area contributed by atoms with E-state index in [-0.39, 0.29) is 6.61 Å². The molecule has 1 aliphatic rings. The predicted molar refractivity (Wildman–Crippen MR) is 77.5 cm³/mol. The van der Waals surface area contributed by atoms with Crippen molar-refractivity contribution < 1.29 is 5.11 Å². The summed E-state index contributed by atoms with van der Waals surface area (Å²) in [6.07, 6.45) is 7.62. The monoisotopic (exact) mass is 264 g/mol. The zero-order valence-electron chi connectivity index (χ0n) is 11.7. The van der Waals surface area contributed by atoms with E-state index in [1.165, 1.54) is 25.7 Å². The van der Waals surface area contributed by atoms with E-state index in [9.17, 15) is 5.11 Å². The van der Waals surface area contributed by atoms with E-state index in [0.29, 0.717) is 12.6 Å². The second-order valence-corrected chi connectivity index (χ2v) is 5.04. The van der Waals surface area contributed by atoms with E-state index >= 15 is 0 Å². The molecule has 5 heteroatoms. The van der Waals surface area contributed by atoms with Gasteiger partial charge in [0.2, 0.25) is 0 Å². The molecular formula is C14H24N4O. The number of nitrogens with one attached hydrogen (secondary N) is 1. The molecule has 0 amide bonds. The molecule has 2 rings (SSSR count). The van der Waals surface area contributed by atoms with Crippen molar-refractivity contribution in [3.63, 3.8) is 0 Å². The molecule has 1 aromatic heterocycles. The lowest BCUT2D eigenvalue weighted by Gasteiger charge is -2.29. The molecule has 2 N–H and O–H groups in total. The van der Waals surface area contributed by atoms with Crippen LogP contribution in [0.2, 0.25) is 0 Å². The molecule has 106 valence electrons. The van der Waals surface area contributed by atoms with E-state index < -0.39 is 0 Å². The van der Waals surface area contributed by atoms with Gasteiger partial charge in [-0.1, -0.05) is 19.8 Å². The number of anilines is 2. The number of aliphatic hydroxyl groups excluding tert-OH is 1. The van der Waals surface area contributed by atoms with Gasteiger partial charge in [0, 0.05) is 25.2 Å². The Morgan fingerprint density at radius 1 is 1.37 bits per heavy atom. The summed E-state index contributed by atoms with van der Waals surface area (Å²) in [4.78, 5) is 10.8. The Morgan fingerprint density at radius 2 is 2.16 bits per heavy atom. The molecule has 0 unspecified atom stereocenters. The summed E-state index contributed by atoms with van der Waals surface area (Å²) in [7, 11) is 0. The maximum Gasteiger partial charge on any atom is 0.134 e. The van der Waals surface area contributed by atoms with Gasteiger partial charge in [-0.3, -0.25) is 0 Å². The topological polar surface area (TPSA) is 61.3 Å². The Hall–Kier alpha value is -1.36. The average molecular weight is 264 g/mol. The minimum Gasteiger partial charge on any atom is -0.395 e. The quantitative estimate of drug-likeness (QED) is 0.789. The molecule has 0 bridgehead atoms. The Bertz CT molecular complexity index is 379. The average Bonchev–Trinajstić information content (AvgIpc) is 2.96. The Labute approximate surface area is 115 Å². The van der Waals surface area contributed by atoms with E-state index in [1.54, 1.807) is 6.33 Å². The van der Waals surface area contributed by atoms with Gasteiger partial charge < -0.3 is 15.3 Å². The fourth-order valence-electron chi connectivity index (χ4n) is 2.66. The van der Waals surface area contributed by atoms with Gasteiger partial charge in [-0.25, -0.2) is 9.97 Å². The molecule has 0 saturated heterocycles. The fourth-order valence-corrected chi connectivity index (χ4v) is 2.66. The zero-order valence-corrected chi connectivity index (χ0v) is 11.7. The largest absolute Gasteiger partial charge is 0.395 e. The van der Waals surface area contributed by atoms with Crippen molar-refractivity contribution in [2.45, 2.75) is 45.1 Å². The number of rotatable bonds is 7. The third-order valence-electron chi connectivity index (χ3n) is 3.61. The highest BCUT2D eigenvalue weighted by Crippen LogP contribution is 2.27. The minimum atomic E-state index is 0.165. The number of nitrogens with zero attached hydrogens (tertiary/aromatic N) is 3. The van der Waals surface area contributed by atoms with Gasteiger partial charge >= 0.3 is 0 Å². The molecule has 1 aromatic rings. The van der Waals surface area contributed by atoms with Crippen molar-refractivity contribution in [3.05, 3.63) is 12.4 Å². The lowest BCUT2D eigenvalue weighted by atomic mass is 10.2. The summed E-state index contributed by atoms with van der Waals surface area (Å²) in [5, 5.41) is 12.6. The van der Waals surface area contributed by atoms with Gasteiger partial charge in [0.25, 0.3) is 0 Å². The fraction of sp³-hybridized carbons (Fsp3) is 0.714. The van der Waals surface area contributed by atoms with Crippen molar-refractivity contribution >= 4 is 11.6 Å². The third-order valence-corrected chi connectivity index (χ3v) is 3.61. The minimum absolute atomic E-state index is 0.165. The molecule has 1 aliphatic carbocycles. The van der Waals surface area contributed by atoms with Crippen molar-refractivity contribution in [2.75, 3.05) is 29.9 Å². The molecule has 1 saturated carbocycles. The maximum absolute atomic E-state index is 9.27. The van der Waals surface area contributed by atoms with Crippen molar-refractivity contribution in [1.82, 2.24) is 9.97 Å². The normalized spacial score (nSPS) is 15.7. The van der Waals surface area contributed by atoms with Crippen molar-refractivity contribution in [3.8, 4) is 0 Å². The van der Waals surface area contributed by atoms with Crippen molar-refractivity contribution in [1.29, 1.82) is 0 Å². The van der Waals surface area contributed by atoms with Gasteiger partial charge in [0.05, 0.1) is 6.61 Å². The van der Waals surface area contributed by atoms with Gasteiger partial charge in [-0.2, -0.15) is 0 Å². The predicted octanol–water partition coefficient (Wildman–Crippen LogP) is 2.04. The number of hydrogen-bond acceptors (Lipinski definition) is 5. The summed E-state index contributed by atoms with van der Waals surface area (Å²) >= 11 is 0. The van der Waals surface area contributed by atoms with E-state index in [2.05, 4.69) is 27.1 Å². The number of aliphatic hydroxyl groups is 1. The molecule has 0 spiro atoms. The second kappa shape index (κ2) is 7.28. The Kier molecular flexibility index (Phi) is 5.39. The number of aromatic nitrogens is 2. The molecule has 0 atom stereocenters. The SMILES string of the molecule is CCCNc1cc(N(CCO)C2CCCC2)ncn1. The van der Waals surface area contributed by atoms with Crippen LogP contribution in [0.25, 0.3) is 0 Å². The Morgan fingerprint density at radius 3 is 2.84 bits per heavy atom. The summed E-state index contributed by atoms with van der Waals surface area (Å²) in [6.45, 7) is 3.86. The van der Waals surface area contributed by atoms with Crippen LogP contribution in [0.5, 0.6) is 0 Å². The van der Waals surface area contributed by atoms with Crippen LogP contribution in [0.4, 0.5) is 11.6 Å². The molecular weight excluding hydrogens is 240 g/mol. The standard InChI is InChI=1S/C14H24N4O/c1-2-7-15-13-10-14(17-11-16-13)18(8-9-19)12-5-3-4-6-12/h10-12,19H,2-9H2,1H3,(H,15,16,17). The molecule has 0 aromatic carbocycles. The first kappa shape index (κ1) is 14.1. The smallest absolute Gasteiger partial charge is 0.134 e. The zero-order chi connectivity index (χ0) is 13.5. The summed E-state index contributed by atoms with van der Waals surface area (Å²) in [6, 6.07) is 2.50. The molecule has 0 radical (unpaired) electrons. The summed E-state index contributed by atoms with van der Waals surface area (Å²) in [5.41, 5.74) is 0. The lowest BCUT2D eigenvalue weighted by molar-refractivity contribution is 0.297. The third kappa shape index (κ3) is 3.80. The van der Waals surface area contributed by atoms with Crippen LogP contribution in [-0.2, 0) is 0 Å². The first-order chi connectivity index (χ1) is 9.35. The highest BCUT2D eigenvalue weighted by atomic mass is 16.3. The van der Waals surface area contributed by atoms with Crippen LogP contribution in [0.1, 0.15) is 39.0 Å². The molecule has 19 heavy (non-hydrogen) atoms. The van der Waals surface area contributed by atoms with Gasteiger partial charge in [0.1, 0.15) is 18.0 Å². The van der Waals surface area contributed by atoms with E-state index in [4.69, 9.17) is 0 Å². The Balaban J connectivity index is 2.11. The molecule has 1 fully saturated rings. The van der Waals surface area contributed by atoms with Gasteiger partial charge in [-0.15, -0.1) is 0 Å². The first-order valence-electron chi connectivity index (χ1n) is 7.28. The second-order valence-electron chi connectivity index (χ2n) is 5.04. The lowest BCUT2D eigenvalue weighted by Crippen LogP contribution is -2.36. The van der Waals surface area contributed by atoms with Crippen LogP contribution in [0.15, 0.2) is 12.4 Å². The van der Waals surface area contributed by atoms with Gasteiger partial charge in [-0.05, 0) is 19.3 Å². The van der Waals surface area contributed by atoms with Crippen LogP contribution in [0.3, 0.4) is 0 Å². The molecule has 1 heterocycles. The van der Waals surface area contributed by atoms with Gasteiger partial charge in [0.15, 0.2) is 0 Å². The van der Waals surface area contributed by atoms with Crippen molar-refractivity contribution in [2.24, 2.45) is 0 Å². The summed E-state index contributed by atoms with van der Waals surface area (Å²) in [5.74, 6) is 1.79. The maximum atomic E-state index is 9.27. The first-order valence-corrected chi connectivity index (χ1v) is 7.28. The highest BCUT2D eigenvalue weighted by Gasteiger charge is 2.23.